The Morgan fingerprint density at radius 2 is 0.929 bits per heavy atom. The normalized spacial score (nSPS) is 8.29. The Morgan fingerprint density at radius 3 is 0.929 bits per heavy atom. The Kier molecular flexibility index (Phi) is 15.6. The molecule has 0 spiro atoms. The lowest BCUT2D eigenvalue weighted by atomic mass is 10.7. The maximum Gasteiger partial charge on any atom is 0.0870 e. The summed E-state index contributed by atoms with van der Waals surface area (Å²) in [5, 5.41) is 19.7. The van der Waals surface area contributed by atoms with E-state index in [0.717, 1.165) is 10.0 Å². The van der Waals surface area contributed by atoms with Crippen LogP contribution in [0.2, 0.25) is 0 Å². The van der Waals surface area contributed by atoms with Gasteiger partial charge in [-0.1, -0.05) is 0 Å². The SMILES string of the molecule is C[NH+](C)N.C[NH+](C)N.O=C([O-])C(=O)[O-]. The fourth-order valence-corrected chi connectivity index (χ4v) is 0. The van der Waals surface area contributed by atoms with E-state index in [0.29, 0.717) is 0 Å². The molecule has 0 atom stereocenters. The van der Waals surface area contributed by atoms with Gasteiger partial charge in [-0.15, -0.1) is 0 Å². The topological polar surface area (TPSA) is 141 Å². The first-order chi connectivity index (χ1) is 6.11. The molecule has 0 bridgehead atoms. The average Bonchev–Trinajstić information content (AvgIpc) is 1.83. The highest BCUT2D eigenvalue weighted by Gasteiger charge is 1.75. The molecular weight excluding hydrogens is 192 g/mol. The molecule has 0 fully saturated rings. The third-order valence-electron chi connectivity index (χ3n) is 0.167. The molecule has 0 aliphatic heterocycles. The third-order valence-corrected chi connectivity index (χ3v) is 0.167. The van der Waals surface area contributed by atoms with Crippen molar-refractivity contribution in [3.05, 3.63) is 0 Å². The molecule has 8 nitrogen and oxygen atoms in total. The minimum atomic E-state index is -2.19. The van der Waals surface area contributed by atoms with Crippen LogP contribution >= 0.6 is 0 Å². The molecule has 0 heterocycles. The molecule has 0 radical (unpaired) electrons. The molecule has 0 unspecified atom stereocenters. The number of quaternary nitrogens is 2. The molecule has 0 aliphatic carbocycles. The van der Waals surface area contributed by atoms with Gasteiger partial charge in [-0.05, 0) is 0 Å². The van der Waals surface area contributed by atoms with Gasteiger partial charge in [0, 0.05) is 0 Å². The molecule has 14 heavy (non-hydrogen) atoms. The van der Waals surface area contributed by atoms with Crippen LogP contribution in [0, 0.1) is 0 Å². The third kappa shape index (κ3) is 133. The van der Waals surface area contributed by atoms with E-state index in [2.05, 4.69) is 0 Å². The largest absolute Gasteiger partial charge is 0.543 e. The Balaban J connectivity index is -0.000000135. The number of carboxylic acid groups (broad SMARTS) is 2. The minimum absolute atomic E-state index is 0.917. The van der Waals surface area contributed by atoms with Gasteiger partial charge in [0.05, 0.1) is 40.1 Å². The molecule has 0 saturated carbocycles. The van der Waals surface area contributed by atoms with Gasteiger partial charge in [-0.2, -0.15) is 11.7 Å². The lowest BCUT2D eigenvalue weighted by molar-refractivity contribution is -0.871. The molecule has 0 saturated heterocycles. The van der Waals surface area contributed by atoms with Crippen molar-refractivity contribution in [2.24, 2.45) is 11.7 Å². The summed E-state index contributed by atoms with van der Waals surface area (Å²) in [6.45, 7) is 0. The zero-order valence-corrected chi connectivity index (χ0v) is 8.79. The molecule has 6 N–H and O–H groups in total. The molecule has 0 aromatic heterocycles. The summed E-state index contributed by atoms with van der Waals surface area (Å²) in [6, 6.07) is 0. The second-order valence-electron chi connectivity index (χ2n) is 2.73. The van der Waals surface area contributed by atoms with Crippen molar-refractivity contribution >= 4 is 11.9 Å². The first-order valence-electron chi connectivity index (χ1n) is 3.64. The second kappa shape index (κ2) is 11.8. The first kappa shape index (κ1) is 18.5. The molecule has 0 aromatic carbocycles. The predicted molar refractivity (Wildman–Crippen MR) is 44.0 cm³/mol. The number of carbonyl (C=O) groups excluding carboxylic acids is 2. The number of hydrogen-bond donors (Lipinski definition) is 4. The van der Waals surface area contributed by atoms with Gasteiger partial charge in [0.2, 0.25) is 0 Å². The van der Waals surface area contributed by atoms with E-state index in [1.807, 2.05) is 28.2 Å². The summed E-state index contributed by atoms with van der Waals surface area (Å²) in [6.07, 6.45) is 0. The Hall–Kier alpha value is -1.22. The molecule has 0 amide bonds. The number of aliphatic carboxylic acids is 2. The summed E-state index contributed by atoms with van der Waals surface area (Å²) < 4.78 is 0. The Labute approximate surface area is 82.6 Å². The summed E-state index contributed by atoms with van der Waals surface area (Å²) in [4.78, 5) is 17.9. The van der Waals surface area contributed by atoms with E-state index >= 15 is 0 Å². The quantitative estimate of drug-likeness (QED) is 0.178. The van der Waals surface area contributed by atoms with Crippen molar-refractivity contribution in [1.82, 2.24) is 0 Å². The van der Waals surface area contributed by atoms with Crippen molar-refractivity contribution in [3.8, 4) is 0 Å². The molecule has 8 heteroatoms. The number of nitrogens with one attached hydrogen (secondary N) is 2. The van der Waals surface area contributed by atoms with Crippen LogP contribution in [0.5, 0.6) is 0 Å². The number of hydrogen-bond acceptors (Lipinski definition) is 6. The highest BCUT2D eigenvalue weighted by molar-refractivity contribution is 6.25. The summed E-state index contributed by atoms with van der Waals surface area (Å²) >= 11 is 0. The number of carboxylic acids is 2. The Bertz CT molecular complexity index is 136. The maximum absolute atomic E-state index is 8.93. The molecule has 0 rings (SSSR count). The van der Waals surface area contributed by atoms with Crippen molar-refractivity contribution in [2.45, 2.75) is 0 Å². The van der Waals surface area contributed by atoms with Crippen LogP contribution in [-0.2, 0) is 9.59 Å². The van der Waals surface area contributed by atoms with Crippen LogP contribution in [-0.4, -0.2) is 40.1 Å². The van der Waals surface area contributed by atoms with Crippen molar-refractivity contribution < 1.29 is 29.8 Å². The minimum Gasteiger partial charge on any atom is -0.543 e. The van der Waals surface area contributed by atoms with E-state index in [9.17, 15) is 0 Å². The van der Waals surface area contributed by atoms with Crippen LogP contribution in [0.25, 0.3) is 0 Å². The summed E-state index contributed by atoms with van der Waals surface area (Å²) in [7, 11) is 7.44. The van der Waals surface area contributed by atoms with Crippen LogP contribution in [0.4, 0.5) is 0 Å². The summed E-state index contributed by atoms with van der Waals surface area (Å²) in [5.74, 6) is 5.69. The van der Waals surface area contributed by atoms with E-state index < -0.39 is 11.9 Å². The van der Waals surface area contributed by atoms with Gasteiger partial charge >= 0.3 is 0 Å². The first-order valence-corrected chi connectivity index (χ1v) is 3.64. The standard InChI is InChI=1S/2C2H8N2.C2H2O4/c2*1-4(2)3;3-1(4)2(5)6/h2*3H2,1-2H3;(H,3,4)(H,5,6). The van der Waals surface area contributed by atoms with Gasteiger partial charge < -0.3 is 19.8 Å². The van der Waals surface area contributed by atoms with Gasteiger partial charge in [-0.3, -0.25) is 10.0 Å². The fourth-order valence-electron chi connectivity index (χ4n) is 0. The molecule has 0 aliphatic rings. The summed E-state index contributed by atoms with van der Waals surface area (Å²) in [5.41, 5.74) is 0. The van der Waals surface area contributed by atoms with Crippen molar-refractivity contribution in [1.29, 1.82) is 0 Å². The number of nitrogens with two attached hydrogens (primary N) is 2. The van der Waals surface area contributed by atoms with Crippen molar-refractivity contribution in [3.63, 3.8) is 0 Å². The molecule has 0 aromatic rings. The zero-order chi connectivity index (χ0) is 12.3. The monoisotopic (exact) mass is 210 g/mol. The molecular formula is C6H18N4O4. The zero-order valence-electron chi connectivity index (χ0n) is 8.79. The molecule has 86 valence electrons. The van der Waals surface area contributed by atoms with Crippen molar-refractivity contribution in [2.75, 3.05) is 28.2 Å². The number of rotatable bonds is 0. The lowest BCUT2D eigenvalue weighted by Gasteiger charge is -1.97. The average molecular weight is 210 g/mol. The Morgan fingerprint density at radius 1 is 0.857 bits per heavy atom. The number of carbonyl (C=O) groups is 2. The van der Waals surface area contributed by atoms with Crippen LogP contribution < -0.4 is 31.9 Å². The fraction of sp³-hybridized carbons (Fsp3) is 0.667. The van der Waals surface area contributed by atoms with E-state index in [4.69, 9.17) is 31.5 Å². The van der Waals surface area contributed by atoms with Crippen LogP contribution in [0.1, 0.15) is 0 Å². The van der Waals surface area contributed by atoms with E-state index in [-0.39, 0.29) is 0 Å². The van der Waals surface area contributed by atoms with Gasteiger partial charge in [0.25, 0.3) is 0 Å². The van der Waals surface area contributed by atoms with Gasteiger partial charge in [0.15, 0.2) is 0 Å². The highest BCUT2D eigenvalue weighted by atomic mass is 16.4. The van der Waals surface area contributed by atoms with Gasteiger partial charge in [0.1, 0.15) is 0 Å². The van der Waals surface area contributed by atoms with E-state index in [1.54, 1.807) is 0 Å². The second-order valence-corrected chi connectivity index (χ2v) is 2.73. The van der Waals surface area contributed by atoms with Gasteiger partial charge in [-0.25, -0.2) is 0 Å². The lowest BCUT2D eigenvalue weighted by Crippen LogP contribution is -3.11. The van der Waals surface area contributed by atoms with Crippen LogP contribution in [0.3, 0.4) is 0 Å². The van der Waals surface area contributed by atoms with E-state index in [1.165, 1.54) is 0 Å². The predicted octanol–water partition coefficient (Wildman–Crippen LogP) is -7.50. The highest BCUT2D eigenvalue weighted by Crippen LogP contribution is 1.41. The van der Waals surface area contributed by atoms with Crippen LogP contribution in [0.15, 0.2) is 0 Å². The smallest absolute Gasteiger partial charge is 0.0870 e. The maximum atomic E-state index is 8.93.